The highest BCUT2D eigenvalue weighted by Gasteiger charge is 2.08. The molecule has 0 saturated carbocycles. The molecular formula is C13H18OSi. The predicted octanol–water partition coefficient (Wildman–Crippen LogP) is 2.47. The smallest absolute Gasteiger partial charge is 0.129 e. The lowest BCUT2D eigenvalue weighted by atomic mass is 10.1. The third-order valence-electron chi connectivity index (χ3n) is 1.89. The minimum absolute atomic E-state index is 0.529. The second kappa shape index (κ2) is 5.15. The van der Waals surface area contributed by atoms with E-state index >= 15 is 0 Å². The maximum atomic E-state index is 9.71. The van der Waals surface area contributed by atoms with Crippen molar-refractivity contribution in [2.45, 2.75) is 32.2 Å². The topological polar surface area (TPSA) is 20.2 Å². The maximum absolute atomic E-state index is 9.71. The Kier molecular flexibility index (Phi) is 4.13. The fourth-order valence-electron chi connectivity index (χ4n) is 1.19. The van der Waals surface area contributed by atoms with Crippen LogP contribution in [0.5, 0.6) is 0 Å². The van der Waals surface area contributed by atoms with Gasteiger partial charge in [-0.15, -0.1) is 5.54 Å². The van der Waals surface area contributed by atoms with E-state index < -0.39 is 14.2 Å². The van der Waals surface area contributed by atoms with Gasteiger partial charge in [-0.1, -0.05) is 55.9 Å². The van der Waals surface area contributed by atoms with Gasteiger partial charge in [-0.2, -0.15) is 0 Å². The van der Waals surface area contributed by atoms with Crippen LogP contribution in [0.15, 0.2) is 30.3 Å². The first-order valence-electron chi connectivity index (χ1n) is 5.22. The Morgan fingerprint density at radius 3 is 2.33 bits per heavy atom. The summed E-state index contributed by atoms with van der Waals surface area (Å²) in [4.78, 5) is 0. The third-order valence-corrected chi connectivity index (χ3v) is 2.78. The molecular weight excluding hydrogens is 200 g/mol. The minimum Gasteiger partial charge on any atom is -0.380 e. The monoisotopic (exact) mass is 218 g/mol. The molecule has 1 aromatic rings. The second-order valence-corrected chi connectivity index (χ2v) is 9.47. The quantitative estimate of drug-likeness (QED) is 0.597. The number of hydrogen-bond acceptors (Lipinski definition) is 1. The molecule has 2 heteroatoms. The van der Waals surface area contributed by atoms with Gasteiger partial charge < -0.3 is 5.11 Å². The molecule has 0 unspecified atom stereocenters. The minimum atomic E-state index is -1.36. The fraction of sp³-hybridized carbons (Fsp3) is 0.385. The highest BCUT2D eigenvalue weighted by Crippen LogP contribution is 2.03. The largest absolute Gasteiger partial charge is 0.380 e. The van der Waals surface area contributed by atoms with E-state index in [2.05, 4.69) is 31.1 Å². The van der Waals surface area contributed by atoms with Crippen LogP contribution in [0, 0.1) is 11.5 Å². The molecule has 80 valence electrons. The lowest BCUT2D eigenvalue weighted by Crippen LogP contribution is -2.18. The summed E-state index contributed by atoms with van der Waals surface area (Å²) in [5.74, 6) is 2.94. The second-order valence-electron chi connectivity index (χ2n) is 4.72. The van der Waals surface area contributed by atoms with Crippen LogP contribution >= 0.6 is 0 Å². The number of hydrogen-bond donors (Lipinski definition) is 1. The van der Waals surface area contributed by atoms with Crippen molar-refractivity contribution in [3.05, 3.63) is 35.9 Å². The zero-order chi connectivity index (χ0) is 11.3. The predicted molar refractivity (Wildman–Crippen MR) is 67.3 cm³/mol. The molecule has 0 aromatic heterocycles. The summed E-state index contributed by atoms with van der Waals surface area (Å²) in [6.07, 6.45) is 0.0947. The Balaban J connectivity index is 2.56. The van der Waals surface area contributed by atoms with E-state index in [1.165, 1.54) is 0 Å². The first kappa shape index (κ1) is 12.0. The van der Waals surface area contributed by atoms with Crippen molar-refractivity contribution in [2.24, 2.45) is 0 Å². The zero-order valence-electron chi connectivity index (χ0n) is 9.62. The average molecular weight is 218 g/mol. The van der Waals surface area contributed by atoms with E-state index in [0.717, 1.165) is 5.56 Å². The summed E-state index contributed by atoms with van der Waals surface area (Å²) < 4.78 is 0. The molecule has 1 nitrogen and oxygen atoms in total. The van der Waals surface area contributed by atoms with Gasteiger partial charge in [0.15, 0.2) is 0 Å². The molecule has 1 atom stereocenters. The Labute approximate surface area is 93.2 Å². The lowest BCUT2D eigenvalue weighted by molar-refractivity contribution is 0.233. The summed E-state index contributed by atoms with van der Waals surface area (Å²) in [5.41, 5.74) is 4.31. The number of aliphatic hydroxyl groups is 1. The Bertz CT molecular complexity index is 354. The highest BCUT2D eigenvalue weighted by molar-refractivity contribution is 6.83. The van der Waals surface area contributed by atoms with E-state index in [1.807, 2.05) is 30.3 Å². The van der Waals surface area contributed by atoms with E-state index in [9.17, 15) is 5.11 Å². The van der Waals surface area contributed by atoms with Gasteiger partial charge in [-0.3, -0.25) is 0 Å². The van der Waals surface area contributed by atoms with Crippen LogP contribution in [0.1, 0.15) is 5.56 Å². The first-order chi connectivity index (χ1) is 6.97. The molecule has 0 amide bonds. The molecule has 0 radical (unpaired) electrons. The molecule has 0 fully saturated rings. The molecule has 0 heterocycles. The van der Waals surface area contributed by atoms with E-state index in [4.69, 9.17) is 0 Å². The van der Waals surface area contributed by atoms with E-state index in [1.54, 1.807) is 0 Å². The third kappa shape index (κ3) is 5.41. The molecule has 1 aromatic carbocycles. The van der Waals surface area contributed by atoms with Gasteiger partial charge in [-0.05, 0) is 5.56 Å². The molecule has 1 N–H and O–H groups in total. The standard InChI is InChI=1S/C13H18OSi/c1-15(2,3)10-9-13(14)11-12-7-5-4-6-8-12/h4-8,13-14H,11H2,1-3H3/t13-/m0/s1. The molecule has 1 rings (SSSR count). The zero-order valence-corrected chi connectivity index (χ0v) is 10.6. The summed E-state index contributed by atoms with van der Waals surface area (Å²) in [6, 6.07) is 9.96. The van der Waals surface area contributed by atoms with Crippen molar-refractivity contribution in [1.82, 2.24) is 0 Å². The van der Waals surface area contributed by atoms with Gasteiger partial charge in [-0.25, -0.2) is 0 Å². The van der Waals surface area contributed by atoms with Gasteiger partial charge in [0, 0.05) is 6.42 Å². The summed E-state index contributed by atoms with van der Waals surface area (Å²) in [7, 11) is -1.36. The molecule has 0 spiro atoms. The van der Waals surface area contributed by atoms with Crippen LogP contribution in [-0.2, 0) is 6.42 Å². The first-order valence-corrected chi connectivity index (χ1v) is 8.72. The molecule has 0 saturated heterocycles. The van der Waals surface area contributed by atoms with E-state index in [-0.39, 0.29) is 0 Å². The lowest BCUT2D eigenvalue weighted by Gasteiger charge is -2.06. The number of benzene rings is 1. The average Bonchev–Trinajstić information content (AvgIpc) is 2.15. The maximum Gasteiger partial charge on any atom is 0.129 e. The van der Waals surface area contributed by atoms with Crippen molar-refractivity contribution in [2.75, 3.05) is 0 Å². The Morgan fingerprint density at radius 1 is 1.20 bits per heavy atom. The van der Waals surface area contributed by atoms with Crippen molar-refractivity contribution in [3.63, 3.8) is 0 Å². The van der Waals surface area contributed by atoms with Crippen molar-refractivity contribution >= 4 is 8.07 Å². The molecule has 15 heavy (non-hydrogen) atoms. The number of rotatable bonds is 2. The van der Waals surface area contributed by atoms with Crippen LogP contribution in [0.25, 0.3) is 0 Å². The number of aliphatic hydroxyl groups excluding tert-OH is 1. The van der Waals surface area contributed by atoms with Crippen molar-refractivity contribution < 1.29 is 5.11 Å². The van der Waals surface area contributed by atoms with E-state index in [0.29, 0.717) is 6.42 Å². The van der Waals surface area contributed by atoms with Crippen LogP contribution in [0.4, 0.5) is 0 Å². The normalized spacial score (nSPS) is 12.8. The van der Waals surface area contributed by atoms with Crippen molar-refractivity contribution in [3.8, 4) is 11.5 Å². The van der Waals surface area contributed by atoms with Gasteiger partial charge >= 0.3 is 0 Å². The fourth-order valence-corrected chi connectivity index (χ4v) is 1.79. The van der Waals surface area contributed by atoms with Gasteiger partial charge in [0.05, 0.1) is 0 Å². The van der Waals surface area contributed by atoms with Gasteiger partial charge in [0.25, 0.3) is 0 Å². The van der Waals surface area contributed by atoms with Crippen molar-refractivity contribution in [1.29, 1.82) is 0 Å². The van der Waals surface area contributed by atoms with Gasteiger partial charge in [0.2, 0.25) is 0 Å². The molecule has 0 aliphatic rings. The highest BCUT2D eigenvalue weighted by atomic mass is 28.3. The van der Waals surface area contributed by atoms with Crippen LogP contribution < -0.4 is 0 Å². The Hall–Kier alpha value is -1.04. The molecule has 0 bridgehead atoms. The van der Waals surface area contributed by atoms with Crippen LogP contribution in [0.3, 0.4) is 0 Å². The summed E-state index contributed by atoms with van der Waals surface area (Å²) in [5, 5.41) is 9.71. The summed E-state index contributed by atoms with van der Waals surface area (Å²) >= 11 is 0. The summed E-state index contributed by atoms with van der Waals surface area (Å²) in [6.45, 7) is 6.53. The SMILES string of the molecule is C[Si](C)(C)C#C[C@H](O)Cc1ccccc1. The van der Waals surface area contributed by atoms with Crippen LogP contribution in [0.2, 0.25) is 19.6 Å². The van der Waals surface area contributed by atoms with Gasteiger partial charge in [0.1, 0.15) is 14.2 Å². The molecule has 0 aliphatic heterocycles. The van der Waals surface area contributed by atoms with Crippen LogP contribution in [-0.4, -0.2) is 19.3 Å². The Morgan fingerprint density at radius 2 is 1.80 bits per heavy atom. The molecule has 0 aliphatic carbocycles.